The van der Waals surface area contributed by atoms with E-state index in [2.05, 4.69) is 27.0 Å². The average molecular weight is 606 g/mol. The Morgan fingerprint density at radius 3 is 2.00 bits per heavy atom. The molecule has 1 aromatic carbocycles. The van der Waals surface area contributed by atoms with Crippen LogP contribution < -0.4 is 9.64 Å². The number of allylic oxidation sites excluding steroid dienone is 1. The number of hydrogen-bond donors (Lipinski definition) is 0. The van der Waals surface area contributed by atoms with Crippen molar-refractivity contribution in [3.63, 3.8) is 0 Å². The van der Waals surface area contributed by atoms with Crippen LogP contribution in [-0.4, -0.2) is 37.2 Å². The number of benzene rings is 1. The summed E-state index contributed by atoms with van der Waals surface area (Å²) in [5, 5.41) is 0. The van der Waals surface area contributed by atoms with Crippen LogP contribution in [-0.2, 0) is 4.74 Å². The average Bonchev–Trinajstić information content (AvgIpc) is 2.86. The Morgan fingerprint density at radius 2 is 1.53 bits per heavy atom. The van der Waals surface area contributed by atoms with Crippen LogP contribution in [0.1, 0.15) is 106 Å². The van der Waals surface area contributed by atoms with Gasteiger partial charge in [-0.3, -0.25) is 0 Å². The van der Waals surface area contributed by atoms with Crippen molar-refractivity contribution in [1.82, 2.24) is 0 Å². The van der Waals surface area contributed by atoms with Crippen LogP contribution >= 0.6 is 0 Å². The van der Waals surface area contributed by atoms with Crippen molar-refractivity contribution in [3.8, 4) is 5.75 Å². The Kier molecular flexibility index (Phi) is 13.2. The van der Waals surface area contributed by atoms with Gasteiger partial charge in [0.1, 0.15) is 0 Å². The molecule has 0 spiro atoms. The van der Waals surface area contributed by atoms with E-state index in [1.165, 1.54) is 76.7 Å². The van der Waals surface area contributed by atoms with Crippen LogP contribution in [0.3, 0.4) is 0 Å². The van der Waals surface area contributed by atoms with Gasteiger partial charge in [0, 0.05) is 0 Å². The Labute approximate surface area is 226 Å². The van der Waals surface area contributed by atoms with Gasteiger partial charge < -0.3 is 0 Å². The predicted molar refractivity (Wildman–Crippen MR) is 157 cm³/mol. The number of methoxy groups -OCH3 is 1. The molecule has 36 heavy (non-hydrogen) atoms. The van der Waals surface area contributed by atoms with Gasteiger partial charge in [0.05, 0.1) is 0 Å². The maximum atomic E-state index is 13.5. The zero-order valence-corrected chi connectivity index (χ0v) is 27.2. The summed E-state index contributed by atoms with van der Waals surface area (Å²) in [6, 6.07) is 7.80. The molecule has 0 saturated heterocycles. The van der Waals surface area contributed by atoms with Crippen LogP contribution in [0.25, 0.3) is 0 Å². The fourth-order valence-electron chi connectivity index (χ4n) is 5.83. The van der Waals surface area contributed by atoms with Gasteiger partial charge in [0.2, 0.25) is 0 Å². The fourth-order valence-corrected chi connectivity index (χ4v) is 25.2. The summed E-state index contributed by atoms with van der Waals surface area (Å²) in [7, 11) is 1.67. The molecule has 1 aromatic rings. The number of carbonyl (C=O) groups excluding carboxylic acids is 1. The summed E-state index contributed by atoms with van der Waals surface area (Å²) < 4.78 is 16.5. The number of amides is 1. The van der Waals surface area contributed by atoms with Gasteiger partial charge >= 0.3 is 227 Å². The third-order valence-corrected chi connectivity index (χ3v) is 25.4. The minimum absolute atomic E-state index is 0.291. The molecule has 1 aliphatic rings. The number of ether oxygens (including phenoxy) is 2. The zero-order valence-electron chi connectivity index (χ0n) is 24.3. The molecule has 204 valence electrons. The van der Waals surface area contributed by atoms with Gasteiger partial charge in [-0.1, -0.05) is 0 Å². The molecule has 0 aromatic heterocycles. The molecule has 1 fully saturated rings. The molecule has 2 rings (SSSR count). The number of unbranched alkanes of at least 4 members (excludes halogenated alkanes) is 3. The first-order valence-corrected chi connectivity index (χ1v) is 22.3. The van der Waals surface area contributed by atoms with E-state index in [0.29, 0.717) is 0 Å². The first-order valence-electron chi connectivity index (χ1n) is 14.6. The quantitative estimate of drug-likeness (QED) is 0.210. The number of carbonyl (C=O) groups is 1. The monoisotopic (exact) mass is 607 g/mol. The van der Waals surface area contributed by atoms with E-state index in [1.54, 1.807) is 12.0 Å². The molecule has 0 N–H and O–H groups in total. The molecule has 0 unspecified atom stereocenters. The van der Waals surface area contributed by atoms with Crippen LogP contribution in [0.2, 0.25) is 17.2 Å². The van der Waals surface area contributed by atoms with Gasteiger partial charge in [-0.05, 0) is 0 Å². The van der Waals surface area contributed by atoms with Gasteiger partial charge in [-0.2, -0.15) is 0 Å². The number of rotatable bonds is 13. The van der Waals surface area contributed by atoms with Crippen molar-refractivity contribution in [1.29, 1.82) is 0 Å². The third-order valence-electron chi connectivity index (χ3n) is 7.72. The second kappa shape index (κ2) is 15.3. The van der Waals surface area contributed by atoms with E-state index in [-0.39, 0.29) is 6.09 Å². The van der Waals surface area contributed by atoms with Gasteiger partial charge in [0.25, 0.3) is 0 Å². The van der Waals surface area contributed by atoms with Gasteiger partial charge in [-0.15, -0.1) is 0 Å². The van der Waals surface area contributed by atoms with E-state index in [1.807, 2.05) is 45.0 Å². The van der Waals surface area contributed by atoms with E-state index < -0.39 is 24.0 Å². The SMILES string of the molecule is CCC[CH2][Sn]([CH2]CCC)([CH2]CCC)[C@H]1CCCC/C1=C\N(C(=O)OC(C)(C)C)c1ccc(OC)cc1. The van der Waals surface area contributed by atoms with E-state index in [9.17, 15) is 4.79 Å². The van der Waals surface area contributed by atoms with E-state index in [0.717, 1.165) is 21.8 Å². The molecule has 0 heterocycles. The van der Waals surface area contributed by atoms with Crippen molar-refractivity contribution < 1.29 is 14.3 Å². The van der Waals surface area contributed by atoms with Gasteiger partial charge in [0.15, 0.2) is 0 Å². The van der Waals surface area contributed by atoms with Gasteiger partial charge in [-0.25, -0.2) is 0 Å². The van der Waals surface area contributed by atoms with Crippen molar-refractivity contribution in [3.05, 3.63) is 36.0 Å². The molecule has 1 saturated carbocycles. The molecule has 5 heteroatoms. The van der Waals surface area contributed by atoms with Crippen LogP contribution in [0.4, 0.5) is 10.5 Å². The van der Waals surface area contributed by atoms with Crippen molar-refractivity contribution in [2.45, 2.75) is 129 Å². The predicted octanol–water partition coefficient (Wildman–Crippen LogP) is 10.1. The second-order valence-electron chi connectivity index (χ2n) is 11.7. The van der Waals surface area contributed by atoms with Crippen LogP contribution in [0, 0.1) is 0 Å². The number of nitrogens with zero attached hydrogens (tertiary/aromatic N) is 1. The van der Waals surface area contributed by atoms with Crippen molar-refractivity contribution >= 4 is 30.2 Å². The van der Waals surface area contributed by atoms with E-state index in [4.69, 9.17) is 9.47 Å². The van der Waals surface area contributed by atoms with Crippen molar-refractivity contribution in [2.75, 3.05) is 12.0 Å². The van der Waals surface area contributed by atoms with E-state index >= 15 is 0 Å². The Morgan fingerprint density at radius 1 is 0.972 bits per heavy atom. The number of anilines is 1. The standard InChI is InChI=1S/C19H26NO3.3C4H9.Sn/c1-19(2,3)23-18(21)20(14-15-8-6-5-7-9-15)16-10-12-17(22-4)13-11-16;3*1-3-4-2;/h8,10-14H,5-7,9H2,1-4H3;3*1,3-4H2,2H3;/b15-14-;;;;. The molecular weight excluding hydrogens is 553 g/mol. The summed E-state index contributed by atoms with van der Waals surface area (Å²) >= 11 is -2.51. The molecule has 0 radical (unpaired) electrons. The minimum atomic E-state index is -2.51. The Balaban J connectivity index is 2.55. The molecule has 1 aliphatic carbocycles. The Bertz CT molecular complexity index is 790. The summed E-state index contributed by atoms with van der Waals surface area (Å²) in [5.74, 6) is 0.792. The molecule has 0 aliphatic heterocycles. The van der Waals surface area contributed by atoms with Crippen LogP contribution in [0.5, 0.6) is 5.75 Å². The van der Waals surface area contributed by atoms with Crippen LogP contribution in [0.15, 0.2) is 36.0 Å². The first-order chi connectivity index (χ1) is 17.2. The zero-order chi connectivity index (χ0) is 26.6. The maximum absolute atomic E-state index is 13.5. The second-order valence-corrected chi connectivity index (χ2v) is 25.8. The summed E-state index contributed by atoms with van der Waals surface area (Å²) in [5.41, 5.74) is 1.83. The fraction of sp³-hybridized carbons (Fsp3) is 0.710. The summed E-state index contributed by atoms with van der Waals surface area (Å²) in [4.78, 5) is 15.3. The Hall–Kier alpha value is -1.17. The summed E-state index contributed by atoms with van der Waals surface area (Å²) in [6.45, 7) is 12.9. The third kappa shape index (κ3) is 9.29. The summed E-state index contributed by atoms with van der Waals surface area (Å²) in [6.07, 6.45) is 14.9. The molecule has 0 bridgehead atoms. The topological polar surface area (TPSA) is 38.8 Å². The normalized spacial score (nSPS) is 17.8. The number of hydrogen-bond acceptors (Lipinski definition) is 3. The molecule has 4 nitrogen and oxygen atoms in total. The first kappa shape index (κ1) is 31.0. The molecule has 1 amide bonds. The molecular formula is C31H53NO3Sn. The van der Waals surface area contributed by atoms with Crippen molar-refractivity contribution in [2.24, 2.45) is 0 Å². The molecule has 1 atom stereocenters.